The Morgan fingerprint density at radius 2 is 1.32 bits per heavy atom. The van der Waals surface area contributed by atoms with E-state index in [9.17, 15) is 8.78 Å². The van der Waals surface area contributed by atoms with Crippen molar-refractivity contribution < 1.29 is 18.3 Å². The van der Waals surface area contributed by atoms with Crippen LogP contribution in [0.5, 0.6) is 11.5 Å². The third kappa shape index (κ3) is 4.86. The standard InChI is InChI=1S/C21H30F2O2/c1-2-24-18-11-12-19(21(23)20(18)22)25-14-17-9-7-16(8-10-17)13-15-5-3-4-6-15/h11-12,15-17H,2-10,13-14H2,1H3. The SMILES string of the molecule is CCOc1ccc(OCC2CCC(CC3CCCC3)CC2)c(F)c1F. The van der Waals surface area contributed by atoms with Crippen molar-refractivity contribution in [3.05, 3.63) is 23.8 Å². The lowest BCUT2D eigenvalue weighted by atomic mass is 9.78. The highest BCUT2D eigenvalue weighted by molar-refractivity contribution is 5.35. The van der Waals surface area contributed by atoms with Crippen molar-refractivity contribution in [1.82, 2.24) is 0 Å². The molecule has 0 N–H and O–H groups in total. The number of benzene rings is 1. The molecule has 0 amide bonds. The fourth-order valence-electron chi connectivity index (χ4n) is 4.45. The van der Waals surface area contributed by atoms with E-state index in [1.807, 2.05) is 0 Å². The van der Waals surface area contributed by atoms with Gasteiger partial charge in [-0.2, -0.15) is 8.78 Å². The zero-order valence-corrected chi connectivity index (χ0v) is 15.2. The first-order valence-electron chi connectivity index (χ1n) is 9.91. The molecule has 0 atom stereocenters. The molecule has 2 nitrogen and oxygen atoms in total. The lowest BCUT2D eigenvalue weighted by Crippen LogP contribution is -2.21. The largest absolute Gasteiger partial charge is 0.491 e. The summed E-state index contributed by atoms with van der Waals surface area (Å²) in [6, 6.07) is 2.91. The van der Waals surface area contributed by atoms with Crippen LogP contribution in [0.3, 0.4) is 0 Å². The predicted molar refractivity (Wildman–Crippen MR) is 95.0 cm³/mol. The van der Waals surface area contributed by atoms with Crippen molar-refractivity contribution in [2.24, 2.45) is 17.8 Å². The second-order valence-corrected chi connectivity index (χ2v) is 7.71. The summed E-state index contributed by atoms with van der Waals surface area (Å²) in [7, 11) is 0. The zero-order chi connectivity index (χ0) is 17.6. The summed E-state index contributed by atoms with van der Waals surface area (Å²) < 4.78 is 38.6. The molecular weight excluding hydrogens is 322 g/mol. The molecule has 2 aliphatic rings. The van der Waals surface area contributed by atoms with Crippen molar-refractivity contribution >= 4 is 0 Å². The highest BCUT2D eigenvalue weighted by Gasteiger charge is 2.26. The first kappa shape index (κ1) is 18.5. The molecule has 0 heterocycles. The molecule has 2 saturated carbocycles. The second kappa shape index (κ2) is 8.86. The van der Waals surface area contributed by atoms with Gasteiger partial charge in [-0.05, 0) is 56.1 Å². The quantitative estimate of drug-likeness (QED) is 0.588. The van der Waals surface area contributed by atoms with Crippen molar-refractivity contribution in [2.75, 3.05) is 13.2 Å². The number of ether oxygens (including phenoxy) is 2. The second-order valence-electron chi connectivity index (χ2n) is 7.71. The van der Waals surface area contributed by atoms with E-state index in [4.69, 9.17) is 9.47 Å². The van der Waals surface area contributed by atoms with Crippen LogP contribution in [0.4, 0.5) is 8.78 Å². The smallest absolute Gasteiger partial charge is 0.204 e. The van der Waals surface area contributed by atoms with Crippen LogP contribution in [-0.4, -0.2) is 13.2 Å². The van der Waals surface area contributed by atoms with Gasteiger partial charge in [0.2, 0.25) is 11.6 Å². The lowest BCUT2D eigenvalue weighted by molar-refractivity contribution is 0.165. The van der Waals surface area contributed by atoms with E-state index < -0.39 is 11.6 Å². The molecule has 4 heteroatoms. The Labute approximate surface area is 149 Å². The van der Waals surface area contributed by atoms with E-state index >= 15 is 0 Å². The van der Waals surface area contributed by atoms with Gasteiger partial charge in [-0.25, -0.2) is 0 Å². The van der Waals surface area contributed by atoms with E-state index in [-0.39, 0.29) is 11.5 Å². The molecule has 0 aliphatic heterocycles. The minimum Gasteiger partial charge on any atom is -0.491 e. The van der Waals surface area contributed by atoms with Crippen LogP contribution in [0.2, 0.25) is 0 Å². The monoisotopic (exact) mass is 352 g/mol. The predicted octanol–water partition coefficient (Wildman–Crippen LogP) is 6.13. The fourth-order valence-corrected chi connectivity index (χ4v) is 4.45. The van der Waals surface area contributed by atoms with Gasteiger partial charge < -0.3 is 9.47 Å². The van der Waals surface area contributed by atoms with E-state index in [2.05, 4.69) is 0 Å². The molecule has 1 aromatic rings. The molecule has 0 radical (unpaired) electrons. The van der Waals surface area contributed by atoms with Crippen LogP contribution in [0.25, 0.3) is 0 Å². The third-order valence-corrected chi connectivity index (χ3v) is 5.89. The first-order chi connectivity index (χ1) is 12.2. The molecule has 0 bridgehead atoms. The molecule has 0 spiro atoms. The maximum atomic E-state index is 14.0. The van der Waals surface area contributed by atoms with Crippen molar-refractivity contribution in [3.63, 3.8) is 0 Å². The van der Waals surface area contributed by atoms with Crippen LogP contribution in [-0.2, 0) is 0 Å². The van der Waals surface area contributed by atoms with Gasteiger partial charge in [-0.3, -0.25) is 0 Å². The van der Waals surface area contributed by atoms with Gasteiger partial charge in [0.15, 0.2) is 11.5 Å². The van der Waals surface area contributed by atoms with Gasteiger partial charge in [0.05, 0.1) is 13.2 Å². The van der Waals surface area contributed by atoms with Gasteiger partial charge >= 0.3 is 0 Å². The first-order valence-corrected chi connectivity index (χ1v) is 9.91. The number of halogens is 2. The molecule has 0 aromatic heterocycles. The fraction of sp³-hybridized carbons (Fsp3) is 0.714. The Morgan fingerprint density at radius 3 is 1.92 bits per heavy atom. The average molecular weight is 352 g/mol. The molecule has 25 heavy (non-hydrogen) atoms. The summed E-state index contributed by atoms with van der Waals surface area (Å²) in [5.41, 5.74) is 0. The van der Waals surface area contributed by atoms with Gasteiger partial charge in [0.1, 0.15) is 0 Å². The molecule has 0 unspecified atom stereocenters. The van der Waals surface area contributed by atoms with Crippen molar-refractivity contribution in [2.45, 2.75) is 64.7 Å². The molecule has 2 fully saturated rings. The van der Waals surface area contributed by atoms with Crippen LogP contribution >= 0.6 is 0 Å². The number of hydrogen-bond donors (Lipinski definition) is 0. The summed E-state index contributed by atoms with van der Waals surface area (Å²) >= 11 is 0. The Bertz CT molecular complexity index is 547. The molecular formula is C21H30F2O2. The maximum absolute atomic E-state index is 14.0. The van der Waals surface area contributed by atoms with E-state index in [1.54, 1.807) is 6.92 Å². The van der Waals surface area contributed by atoms with Crippen molar-refractivity contribution in [3.8, 4) is 11.5 Å². The van der Waals surface area contributed by atoms with E-state index in [0.717, 1.165) is 24.7 Å². The minimum atomic E-state index is -0.959. The topological polar surface area (TPSA) is 18.5 Å². The summed E-state index contributed by atoms with van der Waals surface area (Å²) in [6.45, 7) is 2.52. The zero-order valence-electron chi connectivity index (χ0n) is 15.2. The molecule has 0 saturated heterocycles. The lowest BCUT2D eigenvalue weighted by Gasteiger charge is -2.30. The normalized spacial score (nSPS) is 24.4. The highest BCUT2D eigenvalue weighted by atomic mass is 19.2. The Morgan fingerprint density at radius 1 is 0.800 bits per heavy atom. The van der Waals surface area contributed by atoms with Gasteiger partial charge in [0, 0.05) is 0 Å². The van der Waals surface area contributed by atoms with Gasteiger partial charge in [-0.15, -0.1) is 0 Å². The summed E-state index contributed by atoms with van der Waals surface area (Å²) in [5, 5.41) is 0. The maximum Gasteiger partial charge on any atom is 0.204 e. The van der Waals surface area contributed by atoms with Crippen LogP contribution in [0.1, 0.15) is 64.7 Å². The van der Waals surface area contributed by atoms with Gasteiger partial charge in [0.25, 0.3) is 0 Å². The van der Waals surface area contributed by atoms with Crippen LogP contribution in [0, 0.1) is 29.4 Å². The summed E-state index contributed by atoms with van der Waals surface area (Å²) in [4.78, 5) is 0. The molecule has 140 valence electrons. The van der Waals surface area contributed by atoms with E-state index in [0.29, 0.717) is 19.1 Å². The third-order valence-electron chi connectivity index (χ3n) is 5.89. The molecule has 2 aliphatic carbocycles. The van der Waals surface area contributed by atoms with Crippen molar-refractivity contribution in [1.29, 1.82) is 0 Å². The Balaban J connectivity index is 1.44. The highest BCUT2D eigenvalue weighted by Crippen LogP contribution is 2.38. The van der Waals surface area contributed by atoms with E-state index in [1.165, 1.54) is 57.1 Å². The minimum absolute atomic E-state index is 0.00553. The molecule has 3 rings (SSSR count). The number of rotatable bonds is 7. The number of hydrogen-bond acceptors (Lipinski definition) is 2. The van der Waals surface area contributed by atoms with Crippen LogP contribution in [0.15, 0.2) is 12.1 Å². The van der Waals surface area contributed by atoms with Gasteiger partial charge in [-0.1, -0.05) is 38.5 Å². The Hall–Kier alpha value is -1.32. The average Bonchev–Trinajstić information content (AvgIpc) is 3.13. The molecule has 1 aromatic carbocycles. The summed E-state index contributed by atoms with van der Waals surface area (Å²) in [6.07, 6.45) is 11.9. The van der Waals surface area contributed by atoms with Crippen LogP contribution < -0.4 is 9.47 Å². The summed E-state index contributed by atoms with van der Waals surface area (Å²) in [5.74, 6) is 0.306. The Kier molecular flexibility index (Phi) is 6.55.